The number of hydrogen-bond donors (Lipinski definition) is 1. The molecule has 1 heterocycles. The van der Waals surface area contributed by atoms with Crippen molar-refractivity contribution < 1.29 is 4.74 Å². The zero-order valence-electron chi connectivity index (χ0n) is 11.3. The van der Waals surface area contributed by atoms with Crippen molar-refractivity contribution in [2.45, 2.75) is 58.2 Å². The molecule has 3 heteroatoms. The molecular weight excluding hydrogens is 200 g/mol. The van der Waals surface area contributed by atoms with Gasteiger partial charge >= 0.3 is 0 Å². The smallest absolute Gasteiger partial charge is 0.0710 e. The molecule has 2 atom stereocenters. The summed E-state index contributed by atoms with van der Waals surface area (Å²) < 4.78 is 5.39. The second-order valence-electron chi connectivity index (χ2n) is 5.24. The highest BCUT2D eigenvalue weighted by Crippen LogP contribution is 2.17. The summed E-state index contributed by atoms with van der Waals surface area (Å²) in [4.78, 5) is 2.56. The number of hydrogen-bond acceptors (Lipinski definition) is 3. The molecule has 1 N–H and O–H groups in total. The van der Waals surface area contributed by atoms with Gasteiger partial charge in [0.05, 0.1) is 6.10 Å². The number of methoxy groups -OCH3 is 1. The normalized spacial score (nSPS) is 24.2. The van der Waals surface area contributed by atoms with Gasteiger partial charge in [-0.05, 0) is 32.7 Å². The predicted octanol–water partition coefficient (Wildman–Crippen LogP) is 1.87. The van der Waals surface area contributed by atoms with E-state index in [-0.39, 0.29) is 0 Å². The van der Waals surface area contributed by atoms with E-state index in [2.05, 4.69) is 31.0 Å². The van der Waals surface area contributed by atoms with E-state index in [4.69, 9.17) is 4.74 Å². The molecule has 1 fully saturated rings. The van der Waals surface area contributed by atoms with Crippen molar-refractivity contribution >= 4 is 0 Å². The van der Waals surface area contributed by atoms with Crippen LogP contribution < -0.4 is 5.32 Å². The van der Waals surface area contributed by atoms with Crippen molar-refractivity contribution in [3.63, 3.8) is 0 Å². The molecule has 0 aromatic carbocycles. The monoisotopic (exact) mass is 228 g/mol. The molecule has 1 aliphatic heterocycles. The first-order valence-electron chi connectivity index (χ1n) is 6.63. The van der Waals surface area contributed by atoms with E-state index < -0.39 is 0 Å². The van der Waals surface area contributed by atoms with Crippen LogP contribution in [0.15, 0.2) is 0 Å². The van der Waals surface area contributed by atoms with Gasteiger partial charge < -0.3 is 10.1 Å². The molecule has 0 aromatic heterocycles. The summed E-state index contributed by atoms with van der Waals surface area (Å²) in [7, 11) is 1.82. The van der Waals surface area contributed by atoms with Crippen LogP contribution >= 0.6 is 0 Å². The van der Waals surface area contributed by atoms with Crippen molar-refractivity contribution in [1.29, 1.82) is 0 Å². The Hall–Kier alpha value is -0.120. The van der Waals surface area contributed by atoms with E-state index >= 15 is 0 Å². The lowest BCUT2D eigenvalue weighted by atomic mass is 10.1. The quantitative estimate of drug-likeness (QED) is 0.673. The van der Waals surface area contributed by atoms with Crippen LogP contribution in [0.1, 0.15) is 40.0 Å². The summed E-state index contributed by atoms with van der Waals surface area (Å²) in [6.07, 6.45) is 4.23. The summed E-state index contributed by atoms with van der Waals surface area (Å²) >= 11 is 0. The van der Waals surface area contributed by atoms with E-state index in [0.29, 0.717) is 18.2 Å². The van der Waals surface area contributed by atoms with Crippen molar-refractivity contribution in [2.75, 3.05) is 26.7 Å². The maximum atomic E-state index is 5.39. The van der Waals surface area contributed by atoms with Crippen LogP contribution in [0.25, 0.3) is 0 Å². The second-order valence-corrected chi connectivity index (χ2v) is 5.24. The van der Waals surface area contributed by atoms with Gasteiger partial charge in [0.15, 0.2) is 0 Å². The van der Waals surface area contributed by atoms with Gasteiger partial charge in [-0.25, -0.2) is 0 Å². The zero-order valence-corrected chi connectivity index (χ0v) is 11.3. The number of nitrogens with one attached hydrogen (secondary N) is 1. The highest BCUT2D eigenvalue weighted by atomic mass is 16.5. The standard InChI is InChI=1S/C13H28N2O/c1-11(2)14-8-5-6-12(3)15-9-7-13(10-15)16-4/h11-14H,5-10H2,1-4H3. The predicted molar refractivity (Wildman–Crippen MR) is 68.8 cm³/mol. The Kier molecular flexibility index (Phi) is 6.32. The Balaban J connectivity index is 2.08. The van der Waals surface area contributed by atoms with Gasteiger partial charge in [0, 0.05) is 32.3 Å². The first-order valence-corrected chi connectivity index (χ1v) is 6.63. The molecule has 3 nitrogen and oxygen atoms in total. The number of nitrogens with zero attached hydrogens (tertiary/aromatic N) is 1. The highest BCUT2D eigenvalue weighted by molar-refractivity contribution is 4.79. The van der Waals surface area contributed by atoms with Crippen LogP contribution in [0.4, 0.5) is 0 Å². The average Bonchev–Trinajstić information content (AvgIpc) is 2.72. The lowest BCUT2D eigenvalue weighted by Gasteiger charge is -2.24. The Morgan fingerprint density at radius 3 is 2.69 bits per heavy atom. The second kappa shape index (κ2) is 7.25. The minimum absolute atomic E-state index is 0.469. The lowest BCUT2D eigenvalue weighted by molar-refractivity contribution is 0.101. The molecular formula is C13H28N2O. The van der Waals surface area contributed by atoms with Gasteiger partial charge in [0.1, 0.15) is 0 Å². The van der Waals surface area contributed by atoms with E-state index in [0.717, 1.165) is 13.1 Å². The van der Waals surface area contributed by atoms with Crippen LogP contribution in [-0.2, 0) is 4.74 Å². The molecule has 0 spiro atoms. The molecule has 2 unspecified atom stereocenters. The van der Waals surface area contributed by atoms with E-state index in [1.54, 1.807) is 0 Å². The van der Waals surface area contributed by atoms with Gasteiger partial charge in [0.25, 0.3) is 0 Å². The van der Waals surface area contributed by atoms with Gasteiger partial charge in [0.2, 0.25) is 0 Å². The van der Waals surface area contributed by atoms with Gasteiger partial charge in [-0.3, -0.25) is 4.90 Å². The molecule has 0 saturated carbocycles. The topological polar surface area (TPSA) is 24.5 Å². The minimum atomic E-state index is 0.469. The minimum Gasteiger partial charge on any atom is -0.380 e. The van der Waals surface area contributed by atoms with E-state index in [9.17, 15) is 0 Å². The first kappa shape index (κ1) is 13.9. The van der Waals surface area contributed by atoms with Crippen LogP contribution in [0.5, 0.6) is 0 Å². The fraction of sp³-hybridized carbons (Fsp3) is 1.00. The third-order valence-corrected chi connectivity index (χ3v) is 3.48. The molecule has 0 bridgehead atoms. The molecule has 0 amide bonds. The van der Waals surface area contributed by atoms with Crippen LogP contribution in [0.2, 0.25) is 0 Å². The largest absolute Gasteiger partial charge is 0.380 e. The first-order chi connectivity index (χ1) is 7.63. The fourth-order valence-corrected chi connectivity index (χ4v) is 2.32. The van der Waals surface area contributed by atoms with Crippen molar-refractivity contribution in [3.05, 3.63) is 0 Å². The molecule has 1 rings (SSSR count). The summed E-state index contributed by atoms with van der Waals surface area (Å²) in [5.41, 5.74) is 0. The third kappa shape index (κ3) is 4.81. The molecule has 1 saturated heterocycles. The summed E-state index contributed by atoms with van der Waals surface area (Å²) in [6.45, 7) is 10.2. The van der Waals surface area contributed by atoms with Gasteiger partial charge in [-0.2, -0.15) is 0 Å². The van der Waals surface area contributed by atoms with Crippen molar-refractivity contribution in [2.24, 2.45) is 0 Å². The number of ether oxygens (including phenoxy) is 1. The maximum Gasteiger partial charge on any atom is 0.0710 e. The van der Waals surface area contributed by atoms with Crippen LogP contribution in [0.3, 0.4) is 0 Å². The fourth-order valence-electron chi connectivity index (χ4n) is 2.32. The summed E-state index contributed by atoms with van der Waals surface area (Å²) in [5.74, 6) is 0. The zero-order chi connectivity index (χ0) is 12.0. The number of likely N-dealkylation sites (tertiary alicyclic amines) is 1. The maximum absolute atomic E-state index is 5.39. The summed E-state index contributed by atoms with van der Waals surface area (Å²) in [6, 6.07) is 1.31. The SMILES string of the molecule is COC1CCN(C(C)CCCNC(C)C)C1. The van der Waals surface area contributed by atoms with Gasteiger partial charge in [-0.1, -0.05) is 13.8 Å². The summed E-state index contributed by atoms with van der Waals surface area (Å²) in [5, 5.41) is 3.47. The van der Waals surface area contributed by atoms with Crippen LogP contribution in [0, 0.1) is 0 Å². The molecule has 96 valence electrons. The highest BCUT2D eigenvalue weighted by Gasteiger charge is 2.25. The number of rotatable bonds is 7. The molecule has 16 heavy (non-hydrogen) atoms. The molecule has 0 aliphatic carbocycles. The third-order valence-electron chi connectivity index (χ3n) is 3.48. The Morgan fingerprint density at radius 1 is 1.38 bits per heavy atom. The Morgan fingerprint density at radius 2 is 2.12 bits per heavy atom. The average molecular weight is 228 g/mol. The van der Waals surface area contributed by atoms with E-state index in [1.807, 2.05) is 7.11 Å². The lowest BCUT2D eigenvalue weighted by Crippen LogP contribution is -2.33. The van der Waals surface area contributed by atoms with Crippen molar-refractivity contribution in [3.8, 4) is 0 Å². The Labute approximate surface area is 101 Å². The van der Waals surface area contributed by atoms with Gasteiger partial charge in [-0.15, -0.1) is 0 Å². The van der Waals surface area contributed by atoms with Crippen molar-refractivity contribution in [1.82, 2.24) is 10.2 Å². The van der Waals surface area contributed by atoms with E-state index in [1.165, 1.54) is 25.8 Å². The van der Waals surface area contributed by atoms with Crippen LogP contribution in [-0.4, -0.2) is 49.8 Å². The Bertz CT molecular complexity index is 185. The molecule has 1 aliphatic rings. The molecule has 0 aromatic rings. The molecule has 0 radical (unpaired) electrons.